The molecule has 4 heteroatoms. The van der Waals surface area contributed by atoms with E-state index in [9.17, 15) is 4.79 Å². The first-order chi connectivity index (χ1) is 9.89. The van der Waals surface area contributed by atoms with Gasteiger partial charge in [-0.25, -0.2) is 0 Å². The first kappa shape index (κ1) is 18.1. The Labute approximate surface area is 133 Å². The quantitative estimate of drug-likeness (QED) is 0.543. The molecule has 1 aromatic rings. The number of rotatable bonds is 9. The summed E-state index contributed by atoms with van der Waals surface area (Å²) in [7, 11) is 0. The van der Waals surface area contributed by atoms with Crippen LogP contribution in [0.4, 0.5) is 0 Å². The minimum absolute atomic E-state index is 0.257. The van der Waals surface area contributed by atoms with Crippen molar-refractivity contribution in [3.8, 4) is 0 Å². The Morgan fingerprint density at radius 1 is 1.33 bits per heavy atom. The van der Waals surface area contributed by atoms with Crippen molar-refractivity contribution in [3.05, 3.63) is 29.3 Å². The highest BCUT2D eigenvalue weighted by atomic mass is 32.2. The third-order valence-corrected chi connectivity index (χ3v) is 4.96. The van der Waals surface area contributed by atoms with Crippen molar-refractivity contribution in [3.63, 3.8) is 0 Å². The van der Waals surface area contributed by atoms with Gasteiger partial charge in [0.05, 0.1) is 5.54 Å². The second-order valence-electron chi connectivity index (χ2n) is 5.82. The summed E-state index contributed by atoms with van der Waals surface area (Å²) in [5.74, 6) is 0.742. The second-order valence-corrected chi connectivity index (χ2v) is 6.99. The Morgan fingerprint density at radius 3 is 2.62 bits per heavy atom. The lowest BCUT2D eigenvalue weighted by molar-refractivity contribution is -0.124. The van der Waals surface area contributed by atoms with Crippen LogP contribution in [0.5, 0.6) is 0 Å². The van der Waals surface area contributed by atoms with Crippen LogP contribution in [0.25, 0.3) is 0 Å². The number of primary amides is 1. The van der Waals surface area contributed by atoms with Crippen molar-refractivity contribution in [1.82, 2.24) is 5.32 Å². The van der Waals surface area contributed by atoms with Crippen LogP contribution in [0.1, 0.15) is 44.2 Å². The van der Waals surface area contributed by atoms with Gasteiger partial charge in [0.25, 0.3) is 0 Å². The van der Waals surface area contributed by atoms with E-state index in [0.29, 0.717) is 0 Å². The first-order valence-corrected chi connectivity index (χ1v) is 8.62. The van der Waals surface area contributed by atoms with Crippen molar-refractivity contribution in [2.24, 2.45) is 5.73 Å². The van der Waals surface area contributed by atoms with Crippen molar-refractivity contribution >= 4 is 17.7 Å². The van der Waals surface area contributed by atoms with Gasteiger partial charge in [-0.2, -0.15) is 0 Å². The zero-order valence-corrected chi connectivity index (χ0v) is 14.5. The number of aryl methyl sites for hydroxylation is 2. The highest BCUT2D eigenvalue weighted by Crippen LogP contribution is 2.23. The second kappa shape index (κ2) is 8.44. The molecule has 3 N–H and O–H groups in total. The summed E-state index contributed by atoms with van der Waals surface area (Å²) in [5, 5.41) is 3.28. The third-order valence-electron chi connectivity index (χ3n) is 3.88. The molecule has 1 aromatic carbocycles. The van der Waals surface area contributed by atoms with Crippen LogP contribution in [-0.2, 0) is 4.79 Å². The van der Waals surface area contributed by atoms with Crippen LogP contribution in [0.2, 0.25) is 0 Å². The number of thioether (sulfide) groups is 1. The number of carbonyl (C=O) groups excluding carboxylic acids is 1. The van der Waals surface area contributed by atoms with Crippen molar-refractivity contribution in [2.75, 3.05) is 12.3 Å². The molecule has 0 aliphatic heterocycles. The Bertz CT molecular complexity index is 476. The van der Waals surface area contributed by atoms with E-state index in [1.165, 1.54) is 16.0 Å². The lowest BCUT2D eigenvalue weighted by atomic mass is 9.95. The Balaban J connectivity index is 2.43. The van der Waals surface area contributed by atoms with E-state index in [0.717, 1.165) is 31.6 Å². The van der Waals surface area contributed by atoms with Gasteiger partial charge in [-0.15, -0.1) is 11.8 Å². The molecule has 0 fully saturated rings. The number of nitrogens with one attached hydrogen (secondary N) is 1. The number of nitrogens with two attached hydrogens (primary N) is 1. The minimum atomic E-state index is -0.584. The molecule has 0 spiro atoms. The monoisotopic (exact) mass is 308 g/mol. The largest absolute Gasteiger partial charge is 0.368 e. The SMILES string of the molecule is CCCNC(C)(CCCSc1ccc(C)c(C)c1)C(N)=O. The summed E-state index contributed by atoms with van der Waals surface area (Å²) < 4.78 is 0. The molecule has 3 nitrogen and oxygen atoms in total. The molecule has 0 radical (unpaired) electrons. The van der Waals surface area contributed by atoms with Crippen LogP contribution in [0, 0.1) is 13.8 Å². The molecule has 1 unspecified atom stereocenters. The predicted octanol–water partition coefficient (Wildman–Crippen LogP) is 3.42. The Hall–Kier alpha value is -1.00. The molecule has 0 aromatic heterocycles. The normalized spacial score (nSPS) is 13.9. The molecule has 0 heterocycles. The molecular weight excluding hydrogens is 280 g/mol. The summed E-state index contributed by atoms with van der Waals surface area (Å²) in [4.78, 5) is 12.9. The van der Waals surface area contributed by atoms with Crippen molar-refractivity contribution < 1.29 is 4.79 Å². The Morgan fingerprint density at radius 2 is 2.05 bits per heavy atom. The number of carbonyl (C=O) groups is 1. The van der Waals surface area contributed by atoms with E-state index in [4.69, 9.17) is 5.73 Å². The maximum absolute atomic E-state index is 11.6. The van der Waals surface area contributed by atoms with E-state index in [-0.39, 0.29) is 5.91 Å². The maximum atomic E-state index is 11.6. The average Bonchev–Trinajstić information content (AvgIpc) is 2.45. The molecule has 21 heavy (non-hydrogen) atoms. The average molecular weight is 308 g/mol. The zero-order valence-electron chi connectivity index (χ0n) is 13.7. The summed E-state index contributed by atoms with van der Waals surface area (Å²) in [6.45, 7) is 9.08. The summed E-state index contributed by atoms with van der Waals surface area (Å²) >= 11 is 1.84. The molecule has 0 saturated carbocycles. The number of benzene rings is 1. The van der Waals surface area contributed by atoms with Gasteiger partial charge in [0.1, 0.15) is 0 Å². The van der Waals surface area contributed by atoms with E-state index in [1.807, 2.05) is 18.7 Å². The van der Waals surface area contributed by atoms with Gasteiger partial charge in [-0.05, 0) is 75.6 Å². The van der Waals surface area contributed by atoms with Crippen LogP contribution in [0.3, 0.4) is 0 Å². The molecule has 1 amide bonds. The molecule has 0 bridgehead atoms. The highest BCUT2D eigenvalue weighted by molar-refractivity contribution is 7.99. The Kier molecular flexibility index (Phi) is 7.26. The van der Waals surface area contributed by atoms with Gasteiger partial charge in [-0.3, -0.25) is 4.79 Å². The van der Waals surface area contributed by atoms with E-state index < -0.39 is 5.54 Å². The van der Waals surface area contributed by atoms with Gasteiger partial charge >= 0.3 is 0 Å². The third kappa shape index (κ3) is 5.71. The van der Waals surface area contributed by atoms with Crippen molar-refractivity contribution in [2.45, 2.75) is 57.4 Å². The lowest BCUT2D eigenvalue weighted by Gasteiger charge is -2.27. The van der Waals surface area contributed by atoms with Crippen LogP contribution >= 0.6 is 11.8 Å². The fourth-order valence-corrected chi connectivity index (χ4v) is 3.07. The minimum Gasteiger partial charge on any atom is -0.368 e. The molecule has 118 valence electrons. The van der Waals surface area contributed by atoms with Gasteiger partial charge in [0.15, 0.2) is 0 Å². The first-order valence-electron chi connectivity index (χ1n) is 7.64. The maximum Gasteiger partial charge on any atom is 0.237 e. The predicted molar refractivity (Wildman–Crippen MR) is 91.8 cm³/mol. The molecule has 1 atom stereocenters. The molecule has 0 saturated heterocycles. The van der Waals surface area contributed by atoms with Crippen LogP contribution < -0.4 is 11.1 Å². The summed E-state index contributed by atoms with van der Waals surface area (Å²) in [6, 6.07) is 6.55. The summed E-state index contributed by atoms with van der Waals surface area (Å²) in [6.07, 6.45) is 2.74. The number of hydrogen-bond acceptors (Lipinski definition) is 3. The molecular formula is C17H28N2OS. The smallest absolute Gasteiger partial charge is 0.237 e. The highest BCUT2D eigenvalue weighted by Gasteiger charge is 2.29. The van der Waals surface area contributed by atoms with Crippen LogP contribution in [-0.4, -0.2) is 23.7 Å². The lowest BCUT2D eigenvalue weighted by Crippen LogP contribution is -2.53. The van der Waals surface area contributed by atoms with Gasteiger partial charge in [0.2, 0.25) is 5.91 Å². The number of hydrogen-bond donors (Lipinski definition) is 2. The van der Waals surface area contributed by atoms with Crippen molar-refractivity contribution in [1.29, 1.82) is 0 Å². The zero-order chi connectivity index (χ0) is 15.9. The van der Waals surface area contributed by atoms with E-state index in [1.54, 1.807) is 0 Å². The van der Waals surface area contributed by atoms with E-state index in [2.05, 4.69) is 44.3 Å². The molecule has 0 aliphatic rings. The number of amides is 1. The molecule has 1 rings (SSSR count). The van der Waals surface area contributed by atoms with E-state index >= 15 is 0 Å². The standard InChI is InChI=1S/C17H28N2OS/c1-5-10-19-17(4,16(18)20)9-6-11-21-15-8-7-13(2)14(3)12-15/h7-8,12,19H,5-6,9-11H2,1-4H3,(H2,18,20). The van der Waals surface area contributed by atoms with Gasteiger partial charge < -0.3 is 11.1 Å². The van der Waals surface area contributed by atoms with Gasteiger partial charge in [0, 0.05) is 4.90 Å². The summed E-state index contributed by atoms with van der Waals surface area (Å²) in [5.41, 5.74) is 7.60. The van der Waals surface area contributed by atoms with Crippen LogP contribution in [0.15, 0.2) is 23.1 Å². The molecule has 0 aliphatic carbocycles. The fraction of sp³-hybridized carbons (Fsp3) is 0.588. The van der Waals surface area contributed by atoms with Gasteiger partial charge in [-0.1, -0.05) is 13.0 Å². The fourth-order valence-electron chi connectivity index (χ4n) is 2.12. The topological polar surface area (TPSA) is 55.1 Å².